The number of anilines is 1. The summed E-state index contributed by atoms with van der Waals surface area (Å²) < 4.78 is 11.1. The zero-order valence-corrected chi connectivity index (χ0v) is 12.3. The maximum atomic E-state index is 5.83. The van der Waals surface area contributed by atoms with Crippen LogP contribution in [0.25, 0.3) is 0 Å². The summed E-state index contributed by atoms with van der Waals surface area (Å²) in [5, 5.41) is 1.23. The van der Waals surface area contributed by atoms with Crippen LogP contribution in [-0.4, -0.2) is 13.2 Å². The quantitative estimate of drug-likeness (QED) is 0.634. The molecule has 2 aromatic rings. The Morgan fingerprint density at radius 1 is 0.850 bits per heavy atom. The van der Waals surface area contributed by atoms with Gasteiger partial charge in [-0.25, -0.2) is 0 Å². The van der Waals surface area contributed by atoms with Crippen molar-refractivity contribution in [2.45, 2.75) is 6.42 Å². The van der Waals surface area contributed by atoms with Gasteiger partial charge in [0.25, 0.3) is 0 Å². The number of ether oxygens (including phenoxy) is 2. The Morgan fingerprint density at radius 2 is 1.45 bits per heavy atom. The Kier molecular flexibility index (Phi) is 5.39. The molecule has 20 heavy (non-hydrogen) atoms. The van der Waals surface area contributed by atoms with Crippen LogP contribution in [0.2, 0.25) is 10.0 Å². The number of nitrogen functional groups attached to an aromatic ring is 1. The normalized spacial score (nSPS) is 10.3. The highest BCUT2D eigenvalue weighted by molar-refractivity contribution is 6.33. The second-order valence-electron chi connectivity index (χ2n) is 4.19. The van der Waals surface area contributed by atoms with Gasteiger partial charge in [-0.3, -0.25) is 0 Å². The van der Waals surface area contributed by atoms with E-state index in [2.05, 4.69) is 0 Å². The molecular formula is C15H15Cl2NO2. The van der Waals surface area contributed by atoms with Gasteiger partial charge in [0.2, 0.25) is 0 Å². The van der Waals surface area contributed by atoms with E-state index in [9.17, 15) is 0 Å². The van der Waals surface area contributed by atoms with E-state index in [-0.39, 0.29) is 0 Å². The fourth-order valence-electron chi connectivity index (χ4n) is 1.58. The third-order valence-corrected chi connectivity index (χ3v) is 3.20. The maximum Gasteiger partial charge on any atom is 0.121 e. The first-order chi connectivity index (χ1) is 9.65. The summed E-state index contributed by atoms with van der Waals surface area (Å²) in [5.74, 6) is 1.50. The summed E-state index contributed by atoms with van der Waals surface area (Å²) in [4.78, 5) is 0. The minimum atomic E-state index is 0.515. The van der Waals surface area contributed by atoms with E-state index in [4.69, 9.17) is 38.4 Å². The average Bonchev–Trinajstić information content (AvgIpc) is 2.44. The van der Waals surface area contributed by atoms with Crippen molar-refractivity contribution in [3.8, 4) is 11.5 Å². The van der Waals surface area contributed by atoms with Gasteiger partial charge in [0.1, 0.15) is 11.5 Å². The molecule has 0 amide bonds. The van der Waals surface area contributed by atoms with E-state index in [0.717, 1.165) is 12.2 Å². The van der Waals surface area contributed by atoms with Crippen LogP contribution in [0.1, 0.15) is 6.42 Å². The Balaban J connectivity index is 1.68. The zero-order valence-electron chi connectivity index (χ0n) is 10.8. The Bertz CT molecular complexity index is 558. The number of benzene rings is 2. The van der Waals surface area contributed by atoms with Crippen LogP contribution in [0.5, 0.6) is 11.5 Å². The van der Waals surface area contributed by atoms with Crippen LogP contribution in [-0.2, 0) is 0 Å². The molecule has 2 aromatic carbocycles. The van der Waals surface area contributed by atoms with Crippen molar-refractivity contribution in [2.75, 3.05) is 18.9 Å². The van der Waals surface area contributed by atoms with E-state index < -0.39 is 0 Å². The molecule has 0 aromatic heterocycles. The van der Waals surface area contributed by atoms with Gasteiger partial charge in [-0.05, 0) is 36.4 Å². The van der Waals surface area contributed by atoms with Crippen molar-refractivity contribution in [2.24, 2.45) is 0 Å². The Hall–Kier alpha value is -1.58. The smallest absolute Gasteiger partial charge is 0.121 e. The molecule has 0 aliphatic heterocycles. The van der Waals surface area contributed by atoms with E-state index in [0.29, 0.717) is 34.7 Å². The zero-order chi connectivity index (χ0) is 14.4. The average molecular weight is 312 g/mol. The van der Waals surface area contributed by atoms with Crippen molar-refractivity contribution in [1.29, 1.82) is 0 Å². The maximum absolute atomic E-state index is 5.83. The van der Waals surface area contributed by atoms with Gasteiger partial charge in [0.05, 0.1) is 23.9 Å². The minimum absolute atomic E-state index is 0.515. The lowest BCUT2D eigenvalue weighted by atomic mass is 10.3. The van der Waals surface area contributed by atoms with E-state index in [1.54, 1.807) is 30.3 Å². The molecule has 2 N–H and O–H groups in total. The van der Waals surface area contributed by atoms with Crippen LogP contribution in [0, 0.1) is 0 Å². The van der Waals surface area contributed by atoms with E-state index in [1.165, 1.54) is 0 Å². The summed E-state index contributed by atoms with van der Waals surface area (Å²) >= 11 is 11.6. The molecular weight excluding hydrogens is 297 g/mol. The van der Waals surface area contributed by atoms with E-state index in [1.807, 2.05) is 12.1 Å². The first kappa shape index (κ1) is 14.8. The van der Waals surface area contributed by atoms with Gasteiger partial charge < -0.3 is 15.2 Å². The van der Waals surface area contributed by atoms with Gasteiger partial charge >= 0.3 is 0 Å². The van der Waals surface area contributed by atoms with Crippen molar-refractivity contribution in [1.82, 2.24) is 0 Å². The lowest BCUT2D eigenvalue weighted by molar-refractivity contribution is 0.247. The number of hydrogen-bond acceptors (Lipinski definition) is 3. The molecule has 0 fully saturated rings. The molecule has 5 heteroatoms. The second-order valence-corrected chi connectivity index (χ2v) is 5.03. The number of hydrogen-bond donors (Lipinski definition) is 1. The van der Waals surface area contributed by atoms with Gasteiger partial charge in [-0.2, -0.15) is 0 Å². The van der Waals surface area contributed by atoms with Gasteiger partial charge in [-0.1, -0.05) is 23.2 Å². The SMILES string of the molecule is Nc1cc(OCCCOc2ccc(Cl)cc2)ccc1Cl. The highest BCUT2D eigenvalue weighted by atomic mass is 35.5. The van der Waals surface area contributed by atoms with Gasteiger partial charge in [-0.15, -0.1) is 0 Å². The topological polar surface area (TPSA) is 44.5 Å². The van der Waals surface area contributed by atoms with Crippen molar-refractivity contribution >= 4 is 28.9 Å². The lowest BCUT2D eigenvalue weighted by Crippen LogP contribution is -2.05. The molecule has 0 radical (unpaired) electrons. The van der Waals surface area contributed by atoms with Crippen LogP contribution in [0.4, 0.5) is 5.69 Å². The highest BCUT2D eigenvalue weighted by Crippen LogP contribution is 2.23. The highest BCUT2D eigenvalue weighted by Gasteiger charge is 1.99. The molecule has 3 nitrogen and oxygen atoms in total. The monoisotopic (exact) mass is 311 g/mol. The van der Waals surface area contributed by atoms with Crippen LogP contribution >= 0.6 is 23.2 Å². The molecule has 0 atom stereocenters. The summed E-state index contributed by atoms with van der Waals surface area (Å²) in [5.41, 5.74) is 6.21. The van der Waals surface area contributed by atoms with Crippen molar-refractivity contribution in [3.63, 3.8) is 0 Å². The predicted octanol–water partition coefficient (Wildman–Crippen LogP) is 4.42. The first-order valence-electron chi connectivity index (χ1n) is 6.21. The molecule has 0 bridgehead atoms. The van der Waals surface area contributed by atoms with Crippen LogP contribution < -0.4 is 15.2 Å². The molecule has 2 rings (SSSR count). The summed E-state index contributed by atoms with van der Waals surface area (Å²) in [6, 6.07) is 12.5. The van der Waals surface area contributed by atoms with E-state index >= 15 is 0 Å². The van der Waals surface area contributed by atoms with Crippen molar-refractivity contribution < 1.29 is 9.47 Å². The number of rotatable bonds is 6. The Labute approximate surface area is 128 Å². The Morgan fingerprint density at radius 3 is 2.10 bits per heavy atom. The molecule has 0 saturated heterocycles. The predicted molar refractivity (Wildman–Crippen MR) is 82.9 cm³/mol. The van der Waals surface area contributed by atoms with Crippen molar-refractivity contribution in [3.05, 3.63) is 52.5 Å². The number of halogens is 2. The van der Waals surface area contributed by atoms with Gasteiger partial charge in [0, 0.05) is 17.5 Å². The molecule has 0 aliphatic rings. The minimum Gasteiger partial charge on any atom is -0.493 e. The largest absolute Gasteiger partial charge is 0.493 e. The third kappa shape index (κ3) is 4.51. The van der Waals surface area contributed by atoms with Crippen LogP contribution in [0.3, 0.4) is 0 Å². The molecule has 0 spiro atoms. The summed E-state index contributed by atoms with van der Waals surface area (Å²) in [6.07, 6.45) is 0.769. The molecule has 0 unspecified atom stereocenters. The number of nitrogens with two attached hydrogens (primary N) is 1. The standard InChI is InChI=1S/C15H15Cl2NO2/c16-11-2-4-12(5-3-11)19-8-1-9-20-13-6-7-14(17)15(18)10-13/h2-7,10H,1,8-9,18H2. The molecule has 0 heterocycles. The molecule has 0 saturated carbocycles. The fourth-order valence-corrected chi connectivity index (χ4v) is 1.82. The van der Waals surface area contributed by atoms with Gasteiger partial charge in [0.15, 0.2) is 0 Å². The fraction of sp³-hybridized carbons (Fsp3) is 0.200. The second kappa shape index (κ2) is 7.27. The summed E-state index contributed by atoms with van der Waals surface area (Å²) in [6.45, 7) is 1.12. The lowest BCUT2D eigenvalue weighted by Gasteiger charge is -2.09. The first-order valence-corrected chi connectivity index (χ1v) is 6.97. The van der Waals surface area contributed by atoms with Crippen LogP contribution in [0.15, 0.2) is 42.5 Å². The third-order valence-electron chi connectivity index (χ3n) is 2.61. The molecule has 106 valence electrons. The summed E-state index contributed by atoms with van der Waals surface area (Å²) in [7, 11) is 0. The molecule has 0 aliphatic carbocycles.